The van der Waals surface area contributed by atoms with Crippen molar-refractivity contribution in [3.8, 4) is 0 Å². The predicted molar refractivity (Wildman–Crippen MR) is 60.3 cm³/mol. The van der Waals surface area contributed by atoms with Gasteiger partial charge in [-0.1, -0.05) is 6.08 Å². The maximum absolute atomic E-state index is 9.99. The third-order valence-corrected chi connectivity index (χ3v) is 3.07. The van der Waals surface area contributed by atoms with E-state index in [0.29, 0.717) is 6.42 Å². The standard InChI is InChI=1S/C12H20O5/c1-5-6-7(13)8-9-10(11(14-4)15-8)17-12(2,3)16-9/h5,7-11,13H,1,6H2,2-4H3/t7-,8-,9+,10+,11+/m1/s1. The van der Waals surface area contributed by atoms with Crippen LogP contribution in [-0.4, -0.2) is 48.7 Å². The van der Waals surface area contributed by atoms with Gasteiger partial charge in [-0.15, -0.1) is 6.58 Å². The van der Waals surface area contributed by atoms with Crippen molar-refractivity contribution in [1.82, 2.24) is 0 Å². The summed E-state index contributed by atoms with van der Waals surface area (Å²) in [4.78, 5) is 0. The number of aliphatic hydroxyl groups excluding tert-OH is 1. The maximum Gasteiger partial charge on any atom is 0.186 e. The first-order valence-corrected chi connectivity index (χ1v) is 5.81. The van der Waals surface area contributed by atoms with Crippen molar-refractivity contribution in [2.75, 3.05) is 7.11 Å². The van der Waals surface area contributed by atoms with Crippen molar-refractivity contribution in [2.45, 2.75) is 56.8 Å². The molecule has 2 heterocycles. The summed E-state index contributed by atoms with van der Waals surface area (Å²) in [5.74, 6) is -0.665. The van der Waals surface area contributed by atoms with E-state index >= 15 is 0 Å². The van der Waals surface area contributed by atoms with Crippen LogP contribution in [0.5, 0.6) is 0 Å². The molecule has 2 aliphatic heterocycles. The summed E-state index contributed by atoms with van der Waals surface area (Å²) in [7, 11) is 1.55. The molecular formula is C12H20O5. The van der Waals surface area contributed by atoms with Crippen molar-refractivity contribution in [3.05, 3.63) is 12.7 Å². The van der Waals surface area contributed by atoms with E-state index < -0.39 is 24.3 Å². The Morgan fingerprint density at radius 1 is 1.41 bits per heavy atom. The summed E-state index contributed by atoms with van der Waals surface area (Å²) >= 11 is 0. The molecule has 0 aromatic rings. The smallest absolute Gasteiger partial charge is 0.186 e. The molecule has 2 aliphatic rings. The van der Waals surface area contributed by atoms with Gasteiger partial charge in [-0.2, -0.15) is 0 Å². The highest BCUT2D eigenvalue weighted by Gasteiger charge is 2.57. The quantitative estimate of drug-likeness (QED) is 0.742. The van der Waals surface area contributed by atoms with Crippen molar-refractivity contribution in [1.29, 1.82) is 0 Å². The molecule has 0 aliphatic carbocycles. The molecule has 5 atom stereocenters. The fourth-order valence-electron chi connectivity index (χ4n) is 2.40. The molecular weight excluding hydrogens is 224 g/mol. The third-order valence-electron chi connectivity index (χ3n) is 3.07. The van der Waals surface area contributed by atoms with E-state index in [1.165, 1.54) is 0 Å². The Balaban J connectivity index is 2.12. The second kappa shape index (κ2) is 4.66. The Morgan fingerprint density at radius 3 is 2.65 bits per heavy atom. The largest absolute Gasteiger partial charge is 0.390 e. The van der Waals surface area contributed by atoms with Crippen molar-refractivity contribution < 1.29 is 24.1 Å². The number of hydrogen-bond donors (Lipinski definition) is 1. The molecule has 0 saturated carbocycles. The van der Waals surface area contributed by atoms with E-state index in [1.54, 1.807) is 13.2 Å². The van der Waals surface area contributed by atoms with Gasteiger partial charge in [0.1, 0.15) is 18.3 Å². The van der Waals surface area contributed by atoms with Crippen LogP contribution in [0, 0.1) is 0 Å². The molecule has 0 spiro atoms. The lowest BCUT2D eigenvalue weighted by atomic mass is 10.0. The van der Waals surface area contributed by atoms with Crippen LogP contribution in [0.4, 0.5) is 0 Å². The predicted octanol–water partition coefficient (Wildman–Crippen LogP) is 0.815. The molecule has 2 rings (SSSR count). The molecule has 0 aromatic carbocycles. The monoisotopic (exact) mass is 244 g/mol. The number of hydrogen-bond acceptors (Lipinski definition) is 5. The number of ether oxygens (including phenoxy) is 4. The van der Waals surface area contributed by atoms with Gasteiger partial charge >= 0.3 is 0 Å². The third kappa shape index (κ3) is 2.39. The van der Waals surface area contributed by atoms with Gasteiger partial charge < -0.3 is 24.1 Å². The van der Waals surface area contributed by atoms with Crippen LogP contribution in [0.15, 0.2) is 12.7 Å². The van der Waals surface area contributed by atoms with Crippen LogP contribution >= 0.6 is 0 Å². The lowest BCUT2D eigenvalue weighted by Crippen LogP contribution is -2.38. The summed E-state index contributed by atoms with van der Waals surface area (Å²) in [6.07, 6.45) is -0.0731. The number of fused-ring (bicyclic) bond motifs is 1. The SMILES string of the molecule is C=CC[C@@H](O)[C@H]1O[C@H](OC)[C@H]2OC(C)(C)O[C@H]21. The Hall–Kier alpha value is -0.460. The molecule has 0 aromatic heterocycles. The number of aliphatic hydroxyl groups is 1. The fourth-order valence-corrected chi connectivity index (χ4v) is 2.40. The molecule has 5 heteroatoms. The van der Waals surface area contributed by atoms with Gasteiger partial charge in [0.05, 0.1) is 6.10 Å². The zero-order chi connectivity index (χ0) is 12.6. The summed E-state index contributed by atoms with van der Waals surface area (Å²) in [5.41, 5.74) is 0. The molecule has 0 bridgehead atoms. The molecule has 2 fully saturated rings. The minimum atomic E-state index is -0.665. The molecule has 5 nitrogen and oxygen atoms in total. The molecule has 0 amide bonds. The lowest BCUT2D eigenvalue weighted by molar-refractivity contribution is -0.236. The molecule has 98 valence electrons. The van der Waals surface area contributed by atoms with E-state index in [0.717, 1.165) is 0 Å². The average molecular weight is 244 g/mol. The molecule has 2 saturated heterocycles. The van der Waals surface area contributed by atoms with Crippen molar-refractivity contribution >= 4 is 0 Å². The highest BCUT2D eigenvalue weighted by atomic mass is 16.8. The van der Waals surface area contributed by atoms with Crippen LogP contribution in [0.25, 0.3) is 0 Å². The van der Waals surface area contributed by atoms with Gasteiger partial charge in [-0.25, -0.2) is 0 Å². The second-order valence-corrected chi connectivity index (χ2v) is 4.86. The average Bonchev–Trinajstić information content (AvgIpc) is 2.71. The molecule has 1 N–H and O–H groups in total. The van der Waals surface area contributed by atoms with Crippen molar-refractivity contribution in [3.63, 3.8) is 0 Å². The first-order chi connectivity index (χ1) is 7.98. The Labute approximate surface area is 101 Å². The second-order valence-electron chi connectivity index (χ2n) is 4.86. The van der Waals surface area contributed by atoms with Crippen LogP contribution in [-0.2, 0) is 18.9 Å². The van der Waals surface area contributed by atoms with Gasteiger partial charge in [0.15, 0.2) is 12.1 Å². The molecule has 0 unspecified atom stereocenters. The van der Waals surface area contributed by atoms with Gasteiger partial charge in [0, 0.05) is 7.11 Å². The molecule has 0 radical (unpaired) electrons. The Kier molecular flexibility index (Phi) is 3.56. The zero-order valence-electron chi connectivity index (χ0n) is 10.5. The van der Waals surface area contributed by atoms with Crippen LogP contribution in [0.2, 0.25) is 0 Å². The highest BCUT2D eigenvalue weighted by Crippen LogP contribution is 2.40. The fraction of sp³-hybridized carbons (Fsp3) is 0.833. The minimum absolute atomic E-state index is 0.292. The minimum Gasteiger partial charge on any atom is -0.390 e. The van der Waals surface area contributed by atoms with Gasteiger partial charge in [-0.3, -0.25) is 0 Å². The van der Waals surface area contributed by atoms with Crippen LogP contribution in [0.3, 0.4) is 0 Å². The number of rotatable bonds is 4. The van der Waals surface area contributed by atoms with Gasteiger partial charge in [0.25, 0.3) is 0 Å². The number of methoxy groups -OCH3 is 1. The summed E-state index contributed by atoms with van der Waals surface area (Å²) in [6.45, 7) is 7.29. The van der Waals surface area contributed by atoms with Crippen LogP contribution < -0.4 is 0 Å². The van der Waals surface area contributed by atoms with Gasteiger partial charge in [-0.05, 0) is 20.3 Å². The summed E-state index contributed by atoms with van der Waals surface area (Å²) < 4.78 is 22.3. The van der Waals surface area contributed by atoms with Gasteiger partial charge in [0.2, 0.25) is 0 Å². The first-order valence-electron chi connectivity index (χ1n) is 5.81. The zero-order valence-corrected chi connectivity index (χ0v) is 10.5. The van der Waals surface area contributed by atoms with E-state index in [-0.39, 0.29) is 12.2 Å². The van der Waals surface area contributed by atoms with E-state index in [2.05, 4.69) is 6.58 Å². The normalized spacial score (nSPS) is 41.2. The van der Waals surface area contributed by atoms with E-state index in [1.807, 2.05) is 13.8 Å². The van der Waals surface area contributed by atoms with E-state index in [4.69, 9.17) is 18.9 Å². The summed E-state index contributed by atoms with van der Waals surface area (Å²) in [6, 6.07) is 0. The summed E-state index contributed by atoms with van der Waals surface area (Å²) in [5, 5.41) is 9.99. The first kappa shape index (κ1) is 13.0. The Bertz CT molecular complexity index is 291. The highest BCUT2D eigenvalue weighted by molar-refractivity contribution is 4.98. The lowest BCUT2D eigenvalue weighted by Gasteiger charge is -2.25. The van der Waals surface area contributed by atoms with E-state index in [9.17, 15) is 5.11 Å². The topological polar surface area (TPSA) is 57.2 Å². The maximum atomic E-state index is 9.99. The van der Waals surface area contributed by atoms with Crippen LogP contribution in [0.1, 0.15) is 20.3 Å². The van der Waals surface area contributed by atoms with Crippen molar-refractivity contribution in [2.24, 2.45) is 0 Å². The molecule has 17 heavy (non-hydrogen) atoms. The Morgan fingerprint density at radius 2 is 2.06 bits per heavy atom.